The zero-order valence-electron chi connectivity index (χ0n) is 24.2. The number of allylic oxidation sites excluding steroid dienone is 2. The lowest BCUT2D eigenvalue weighted by molar-refractivity contribution is -0.223. The summed E-state index contributed by atoms with van der Waals surface area (Å²) in [4.78, 5) is 0. The number of halogens is 9. The normalized spacial score (nSPS) is 29.1. The summed E-state index contributed by atoms with van der Waals surface area (Å²) in [5, 5.41) is 0. The molecule has 0 N–H and O–H groups in total. The van der Waals surface area contributed by atoms with Gasteiger partial charge >= 0.3 is 18.2 Å². The molecule has 3 aliphatic carbocycles. The second-order valence-electron chi connectivity index (χ2n) is 12.4. The zero-order chi connectivity index (χ0) is 31.3. The highest BCUT2D eigenvalue weighted by Gasteiger charge is 2.45. The average molecular weight is 627 g/mol. The SMILES string of the molecule is CCCC1CCC(C2CCC(/C(F)=C(\F)C3CCC(C(F)(F)Oc4cc(F)c(OC(F)=C(F)F)c(F)c4)CC3)CC2)CC1. The van der Waals surface area contributed by atoms with E-state index in [0.29, 0.717) is 24.7 Å². The van der Waals surface area contributed by atoms with Crippen LogP contribution in [0.1, 0.15) is 96.8 Å². The maximum Gasteiger partial charge on any atom is 0.400 e. The van der Waals surface area contributed by atoms with E-state index < -0.39 is 70.7 Å². The summed E-state index contributed by atoms with van der Waals surface area (Å²) in [5.74, 6) is -8.34. The lowest BCUT2D eigenvalue weighted by atomic mass is 9.68. The molecule has 0 radical (unpaired) electrons. The molecule has 3 saturated carbocycles. The molecule has 242 valence electrons. The molecular weight excluding hydrogens is 587 g/mol. The summed E-state index contributed by atoms with van der Waals surface area (Å²) < 4.78 is 134. The molecule has 43 heavy (non-hydrogen) atoms. The van der Waals surface area contributed by atoms with Gasteiger partial charge in [0, 0.05) is 24.0 Å². The smallest absolute Gasteiger partial charge is 0.400 e. The molecule has 0 atom stereocenters. The fourth-order valence-electron chi connectivity index (χ4n) is 7.34. The van der Waals surface area contributed by atoms with Gasteiger partial charge in [0.15, 0.2) is 11.6 Å². The number of ether oxygens (including phenoxy) is 2. The van der Waals surface area contributed by atoms with E-state index in [9.17, 15) is 30.7 Å². The van der Waals surface area contributed by atoms with Crippen LogP contribution in [-0.2, 0) is 0 Å². The third-order valence-electron chi connectivity index (χ3n) is 9.74. The second kappa shape index (κ2) is 14.6. The highest BCUT2D eigenvalue weighted by molar-refractivity contribution is 5.36. The van der Waals surface area contributed by atoms with Gasteiger partial charge in [0.25, 0.3) is 0 Å². The Kier molecular flexibility index (Phi) is 11.4. The van der Waals surface area contributed by atoms with E-state index >= 15 is 8.78 Å². The van der Waals surface area contributed by atoms with Gasteiger partial charge in [-0.05, 0) is 82.0 Å². The first-order valence-electron chi connectivity index (χ1n) is 15.4. The van der Waals surface area contributed by atoms with E-state index in [4.69, 9.17) is 0 Å². The lowest BCUT2D eigenvalue weighted by Crippen LogP contribution is -2.37. The van der Waals surface area contributed by atoms with Crippen LogP contribution in [0, 0.1) is 47.1 Å². The van der Waals surface area contributed by atoms with Crippen molar-refractivity contribution in [3.8, 4) is 11.5 Å². The summed E-state index contributed by atoms with van der Waals surface area (Å²) in [6, 6.07) is -2.03. The molecular formula is C32H39F9O2. The van der Waals surface area contributed by atoms with Crippen LogP contribution in [0.4, 0.5) is 39.5 Å². The second-order valence-corrected chi connectivity index (χ2v) is 12.4. The van der Waals surface area contributed by atoms with Crippen LogP contribution in [0.15, 0.2) is 35.9 Å². The Hall–Kier alpha value is -2.33. The van der Waals surface area contributed by atoms with Gasteiger partial charge in [-0.1, -0.05) is 32.6 Å². The maximum absolute atomic E-state index is 15.2. The quantitative estimate of drug-likeness (QED) is 0.190. The minimum atomic E-state index is -3.92. The Morgan fingerprint density at radius 3 is 1.65 bits per heavy atom. The van der Waals surface area contributed by atoms with Crippen molar-refractivity contribution >= 4 is 0 Å². The van der Waals surface area contributed by atoms with Crippen molar-refractivity contribution in [2.75, 3.05) is 0 Å². The molecule has 0 amide bonds. The number of alkyl halides is 2. The first-order chi connectivity index (χ1) is 20.4. The lowest BCUT2D eigenvalue weighted by Gasteiger charge is -2.38. The summed E-state index contributed by atoms with van der Waals surface area (Å²) in [6.07, 6.45) is 2.93. The summed E-state index contributed by atoms with van der Waals surface area (Å²) in [5.41, 5.74) is 0. The first kappa shape index (κ1) is 33.6. The van der Waals surface area contributed by atoms with E-state index in [-0.39, 0.29) is 37.8 Å². The van der Waals surface area contributed by atoms with Crippen molar-refractivity contribution in [2.24, 2.45) is 35.5 Å². The van der Waals surface area contributed by atoms with Gasteiger partial charge in [-0.25, -0.2) is 17.6 Å². The van der Waals surface area contributed by atoms with Crippen LogP contribution in [0.3, 0.4) is 0 Å². The summed E-state index contributed by atoms with van der Waals surface area (Å²) >= 11 is 0. The Morgan fingerprint density at radius 1 is 0.721 bits per heavy atom. The summed E-state index contributed by atoms with van der Waals surface area (Å²) in [6.45, 7) is 2.21. The minimum Gasteiger partial charge on any atom is -0.432 e. The molecule has 4 rings (SSSR count). The largest absolute Gasteiger partial charge is 0.432 e. The molecule has 0 unspecified atom stereocenters. The van der Waals surface area contributed by atoms with Crippen molar-refractivity contribution in [1.82, 2.24) is 0 Å². The molecule has 0 saturated heterocycles. The van der Waals surface area contributed by atoms with Gasteiger partial charge in [0.2, 0.25) is 5.75 Å². The number of rotatable bonds is 10. The summed E-state index contributed by atoms with van der Waals surface area (Å²) in [7, 11) is 0. The molecule has 0 aromatic heterocycles. The molecule has 2 nitrogen and oxygen atoms in total. The van der Waals surface area contributed by atoms with Crippen LogP contribution in [0.25, 0.3) is 0 Å². The van der Waals surface area contributed by atoms with Gasteiger partial charge in [-0.2, -0.15) is 22.0 Å². The van der Waals surface area contributed by atoms with E-state index in [1.54, 1.807) is 0 Å². The predicted molar refractivity (Wildman–Crippen MR) is 143 cm³/mol. The van der Waals surface area contributed by atoms with Crippen LogP contribution in [-0.4, -0.2) is 6.11 Å². The number of hydrogen-bond acceptors (Lipinski definition) is 2. The fraction of sp³-hybridized carbons (Fsp3) is 0.688. The van der Waals surface area contributed by atoms with Gasteiger partial charge in [-0.15, -0.1) is 0 Å². The van der Waals surface area contributed by atoms with Crippen molar-refractivity contribution in [3.63, 3.8) is 0 Å². The van der Waals surface area contributed by atoms with Crippen LogP contribution >= 0.6 is 0 Å². The maximum atomic E-state index is 15.2. The van der Waals surface area contributed by atoms with Gasteiger partial charge in [0.05, 0.1) is 5.92 Å². The van der Waals surface area contributed by atoms with Crippen LogP contribution < -0.4 is 9.47 Å². The molecule has 11 heteroatoms. The van der Waals surface area contributed by atoms with Crippen LogP contribution in [0.5, 0.6) is 11.5 Å². The highest BCUT2D eigenvalue weighted by Crippen LogP contribution is 2.47. The predicted octanol–water partition coefficient (Wildman–Crippen LogP) is 11.7. The van der Waals surface area contributed by atoms with Crippen molar-refractivity contribution < 1.29 is 49.0 Å². The number of benzene rings is 1. The standard InChI is InChI=1S/C32H39F9O2/c1-2-3-18-4-6-19(7-5-18)20-8-10-21(11-9-20)27(35)28(36)22-12-14-23(15-13-22)32(40,41)43-24-16-25(33)29(26(34)17-24)42-31(39)30(37)38/h16-23H,2-15H2,1H3/b28-27+. The first-order valence-corrected chi connectivity index (χ1v) is 15.4. The van der Waals surface area contributed by atoms with E-state index in [0.717, 1.165) is 18.8 Å². The molecule has 0 heterocycles. The van der Waals surface area contributed by atoms with Crippen LogP contribution in [0.2, 0.25) is 0 Å². The Labute approximate surface area is 246 Å². The minimum absolute atomic E-state index is 0.0465. The van der Waals surface area contributed by atoms with Gasteiger partial charge in [0.1, 0.15) is 17.4 Å². The average Bonchev–Trinajstić information content (AvgIpc) is 2.98. The van der Waals surface area contributed by atoms with E-state index in [1.807, 2.05) is 0 Å². The molecule has 1 aromatic rings. The molecule has 3 fully saturated rings. The third-order valence-corrected chi connectivity index (χ3v) is 9.74. The zero-order valence-corrected chi connectivity index (χ0v) is 24.2. The highest BCUT2D eigenvalue weighted by atomic mass is 19.3. The van der Waals surface area contributed by atoms with E-state index in [1.165, 1.54) is 38.5 Å². The number of hydrogen-bond donors (Lipinski definition) is 0. The topological polar surface area (TPSA) is 18.5 Å². The fourth-order valence-corrected chi connectivity index (χ4v) is 7.34. The molecule has 0 spiro atoms. The van der Waals surface area contributed by atoms with Crippen molar-refractivity contribution in [2.45, 2.75) is 103 Å². The van der Waals surface area contributed by atoms with Gasteiger partial charge < -0.3 is 9.47 Å². The van der Waals surface area contributed by atoms with Crippen molar-refractivity contribution in [3.05, 3.63) is 47.5 Å². The van der Waals surface area contributed by atoms with E-state index in [2.05, 4.69) is 16.4 Å². The Balaban J connectivity index is 1.28. The Bertz CT molecular complexity index is 1120. The molecule has 3 aliphatic rings. The molecule has 0 bridgehead atoms. The molecule has 1 aromatic carbocycles. The third kappa shape index (κ3) is 8.44. The Morgan fingerprint density at radius 2 is 1.19 bits per heavy atom. The van der Waals surface area contributed by atoms with Gasteiger partial charge in [-0.3, -0.25) is 0 Å². The van der Waals surface area contributed by atoms with Crippen molar-refractivity contribution in [1.29, 1.82) is 0 Å². The monoisotopic (exact) mass is 626 g/mol. The molecule has 0 aliphatic heterocycles.